The van der Waals surface area contributed by atoms with E-state index in [0.717, 1.165) is 37.7 Å². The van der Waals surface area contributed by atoms with Crippen molar-refractivity contribution in [3.05, 3.63) is 21.6 Å². The van der Waals surface area contributed by atoms with Crippen LogP contribution in [0.25, 0.3) is 0 Å². The molecule has 0 aliphatic heterocycles. The number of rotatable bonds is 5. The molecule has 0 saturated carbocycles. The summed E-state index contributed by atoms with van der Waals surface area (Å²) in [4.78, 5) is 12.0. The molecule has 0 radical (unpaired) electrons. The molecule has 0 spiro atoms. The molecule has 17 heavy (non-hydrogen) atoms. The Morgan fingerprint density at radius 2 is 1.76 bits per heavy atom. The molecule has 0 aromatic carbocycles. The molecular weight excluding hydrogens is 212 g/mol. The van der Waals surface area contributed by atoms with Gasteiger partial charge in [0.1, 0.15) is 0 Å². The molecule has 0 fully saturated rings. The lowest BCUT2D eigenvalue weighted by molar-refractivity contribution is 0.340. The minimum atomic E-state index is -0.0474. The summed E-state index contributed by atoms with van der Waals surface area (Å²) in [6, 6.07) is 0. The molecule has 98 valence electrons. The molecule has 1 aromatic heterocycles. The van der Waals surface area contributed by atoms with E-state index in [1.54, 1.807) is 0 Å². The summed E-state index contributed by atoms with van der Waals surface area (Å²) in [7, 11) is 0. The number of unbranched alkanes of at least 4 members (excludes halogenated alkanes) is 1. The standard InChI is InChI=1S/C14H26N2O/c1-6-8-10-12-11(9-7-2)13(17)15-16(12)14(3,4)5/h6-10H2,1-5H3,(H,15,17). The summed E-state index contributed by atoms with van der Waals surface area (Å²) in [5.41, 5.74) is 2.27. The first kappa shape index (κ1) is 14.1. The third-order valence-corrected chi connectivity index (χ3v) is 3.04. The summed E-state index contributed by atoms with van der Waals surface area (Å²) in [6.45, 7) is 10.7. The molecule has 0 saturated heterocycles. The highest BCUT2D eigenvalue weighted by Crippen LogP contribution is 2.19. The third-order valence-electron chi connectivity index (χ3n) is 3.04. The van der Waals surface area contributed by atoms with Crippen molar-refractivity contribution in [3.8, 4) is 0 Å². The molecule has 0 bridgehead atoms. The molecule has 1 rings (SSSR count). The topological polar surface area (TPSA) is 37.8 Å². The van der Waals surface area contributed by atoms with E-state index in [1.807, 2.05) is 0 Å². The first-order valence-electron chi connectivity index (χ1n) is 6.75. The van der Waals surface area contributed by atoms with Gasteiger partial charge in [0.25, 0.3) is 5.56 Å². The van der Waals surface area contributed by atoms with Crippen LogP contribution in [0, 0.1) is 0 Å². The van der Waals surface area contributed by atoms with E-state index in [9.17, 15) is 4.79 Å². The minimum absolute atomic E-state index is 0.0474. The van der Waals surface area contributed by atoms with Crippen LogP contribution in [0.2, 0.25) is 0 Å². The highest BCUT2D eigenvalue weighted by atomic mass is 16.1. The van der Waals surface area contributed by atoms with E-state index in [2.05, 4.69) is 44.4 Å². The van der Waals surface area contributed by atoms with Crippen molar-refractivity contribution in [2.24, 2.45) is 0 Å². The number of hydrogen-bond donors (Lipinski definition) is 1. The van der Waals surface area contributed by atoms with Gasteiger partial charge in [-0.2, -0.15) is 0 Å². The summed E-state index contributed by atoms with van der Waals surface area (Å²) < 4.78 is 2.07. The quantitative estimate of drug-likeness (QED) is 0.840. The van der Waals surface area contributed by atoms with Crippen molar-refractivity contribution < 1.29 is 0 Å². The zero-order valence-electron chi connectivity index (χ0n) is 11.9. The molecule has 1 N–H and O–H groups in total. The Balaban J connectivity index is 3.21. The van der Waals surface area contributed by atoms with Crippen molar-refractivity contribution in [2.75, 3.05) is 0 Å². The first-order valence-corrected chi connectivity index (χ1v) is 6.75. The zero-order valence-corrected chi connectivity index (χ0v) is 11.9. The summed E-state index contributed by atoms with van der Waals surface area (Å²) in [5.74, 6) is 0. The third kappa shape index (κ3) is 3.24. The van der Waals surface area contributed by atoms with Crippen LogP contribution < -0.4 is 5.56 Å². The van der Waals surface area contributed by atoms with Gasteiger partial charge in [-0.3, -0.25) is 14.6 Å². The van der Waals surface area contributed by atoms with E-state index >= 15 is 0 Å². The monoisotopic (exact) mass is 238 g/mol. The van der Waals surface area contributed by atoms with Gasteiger partial charge in [0.15, 0.2) is 0 Å². The molecule has 3 heteroatoms. The van der Waals surface area contributed by atoms with Gasteiger partial charge in [0, 0.05) is 11.3 Å². The predicted molar refractivity (Wildman–Crippen MR) is 72.7 cm³/mol. The van der Waals surface area contributed by atoms with Crippen molar-refractivity contribution in [1.29, 1.82) is 0 Å². The lowest BCUT2D eigenvalue weighted by Crippen LogP contribution is -2.26. The minimum Gasteiger partial charge on any atom is -0.284 e. The van der Waals surface area contributed by atoms with E-state index in [1.165, 1.54) is 5.69 Å². The lowest BCUT2D eigenvalue weighted by Gasteiger charge is -2.24. The molecule has 0 unspecified atom stereocenters. The Hall–Kier alpha value is -0.990. The van der Waals surface area contributed by atoms with Gasteiger partial charge in [-0.1, -0.05) is 26.7 Å². The Kier molecular flexibility index (Phi) is 4.61. The maximum Gasteiger partial charge on any atom is 0.267 e. The molecule has 0 aliphatic carbocycles. The van der Waals surface area contributed by atoms with Crippen molar-refractivity contribution in [1.82, 2.24) is 9.78 Å². The van der Waals surface area contributed by atoms with Crippen LogP contribution in [-0.4, -0.2) is 9.78 Å². The van der Waals surface area contributed by atoms with Crippen LogP contribution in [0.4, 0.5) is 0 Å². The lowest BCUT2D eigenvalue weighted by atomic mass is 10.0. The first-order chi connectivity index (χ1) is 7.91. The van der Waals surface area contributed by atoms with E-state index in [4.69, 9.17) is 0 Å². The Bertz CT molecular complexity index is 407. The maximum atomic E-state index is 12.0. The van der Waals surface area contributed by atoms with E-state index in [0.29, 0.717) is 0 Å². The Labute approximate surface area is 104 Å². The molecule has 3 nitrogen and oxygen atoms in total. The highest BCUT2D eigenvalue weighted by molar-refractivity contribution is 5.20. The van der Waals surface area contributed by atoms with E-state index in [-0.39, 0.29) is 11.1 Å². The molecule has 0 aliphatic rings. The second-order valence-corrected chi connectivity index (χ2v) is 5.73. The average molecular weight is 238 g/mol. The van der Waals surface area contributed by atoms with Gasteiger partial charge in [-0.05, 0) is 40.0 Å². The number of hydrogen-bond acceptors (Lipinski definition) is 1. The fourth-order valence-corrected chi connectivity index (χ4v) is 2.19. The van der Waals surface area contributed by atoms with Crippen LogP contribution in [0.1, 0.15) is 65.1 Å². The predicted octanol–water partition coefficient (Wildman–Crippen LogP) is 3.23. The van der Waals surface area contributed by atoms with Crippen molar-refractivity contribution in [3.63, 3.8) is 0 Å². The van der Waals surface area contributed by atoms with Crippen LogP contribution in [0.15, 0.2) is 4.79 Å². The van der Waals surface area contributed by atoms with Crippen LogP contribution in [0.5, 0.6) is 0 Å². The number of H-pyrrole nitrogens is 1. The van der Waals surface area contributed by atoms with Gasteiger partial charge in [-0.15, -0.1) is 0 Å². The van der Waals surface area contributed by atoms with Crippen LogP contribution in [0.3, 0.4) is 0 Å². The number of aromatic amines is 1. The normalized spacial score (nSPS) is 12.1. The zero-order chi connectivity index (χ0) is 13.1. The Morgan fingerprint density at radius 3 is 2.24 bits per heavy atom. The van der Waals surface area contributed by atoms with Gasteiger partial charge in [0.2, 0.25) is 0 Å². The number of nitrogens with one attached hydrogen (secondary N) is 1. The van der Waals surface area contributed by atoms with Gasteiger partial charge < -0.3 is 0 Å². The van der Waals surface area contributed by atoms with Gasteiger partial charge in [-0.25, -0.2) is 0 Å². The smallest absolute Gasteiger partial charge is 0.267 e. The second-order valence-electron chi connectivity index (χ2n) is 5.73. The number of nitrogens with zero attached hydrogens (tertiary/aromatic N) is 1. The van der Waals surface area contributed by atoms with Crippen molar-refractivity contribution in [2.45, 2.75) is 72.3 Å². The second kappa shape index (κ2) is 5.56. The molecule has 0 atom stereocenters. The van der Waals surface area contributed by atoms with Gasteiger partial charge in [0.05, 0.1) is 5.54 Å². The fraction of sp³-hybridized carbons (Fsp3) is 0.786. The van der Waals surface area contributed by atoms with Crippen LogP contribution in [-0.2, 0) is 18.4 Å². The molecular formula is C14H26N2O. The van der Waals surface area contributed by atoms with E-state index < -0.39 is 0 Å². The summed E-state index contributed by atoms with van der Waals surface area (Å²) in [5, 5.41) is 3.01. The Morgan fingerprint density at radius 1 is 1.12 bits per heavy atom. The molecule has 1 heterocycles. The highest BCUT2D eigenvalue weighted by Gasteiger charge is 2.21. The van der Waals surface area contributed by atoms with Crippen molar-refractivity contribution >= 4 is 0 Å². The van der Waals surface area contributed by atoms with Crippen LogP contribution >= 0.6 is 0 Å². The largest absolute Gasteiger partial charge is 0.284 e. The van der Waals surface area contributed by atoms with Gasteiger partial charge >= 0.3 is 0 Å². The fourth-order valence-electron chi connectivity index (χ4n) is 2.19. The average Bonchev–Trinajstić information content (AvgIpc) is 2.54. The maximum absolute atomic E-state index is 12.0. The SMILES string of the molecule is CCCCc1c(CCC)c(=O)[nH]n1C(C)(C)C. The molecule has 0 amide bonds. The summed E-state index contributed by atoms with van der Waals surface area (Å²) >= 11 is 0. The summed E-state index contributed by atoms with van der Waals surface area (Å²) in [6.07, 6.45) is 5.22. The molecule has 1 aromatic rings. The number of aromatic nitrogens is 2.